The fourth-order valence-corrected chi connectivity index (χ4v) is 6.54. The van der Waals surface area contributed by atoms with E-state index in [1.165, 1.54) is 57.1 Å². The topological polar surface area (TPSA) is 37.3 Å². The summed E-state index contributed by atoms with van der Waals surface area (Å²) in [5, 5.41) is 4.48. The second-order valence-corrected chi connectivity index (χ2v) is 10.5. The normalized spacial score (nSPS) is 17.5. The van der Waals surface area contributed by atoms with E-state index < -0.39 is 0 Å². The van der Waals surface area contributed by atoms with Gasteiger partial charge in [-0.15, -0.1) is 11.3 Å². The van der Waals surface area contributed by atoms with Crippen LogP contribution < -0.4 is 5.32 Å². The van der Waals surface area contributed by atoms with Gasteiger partial charge in [0.15, 0.2) is 0 Å². The fraction of sp³-hybridized carbons (Fsp3) is 0.444. The minimum absolute atomic E-state index is 0.0288. The van der Waals surface area contributed by atoms with E-state index in [0.717, 1.165) is 12.8 Å². The van der Waals surface area contributed by atoms with Crippen LogP contribution in [-0.4, -0.2) is 22.0 Å². The molecule has 5 heteroatoms. The van der Waals surface area contributed by atoms with Gasteiger partial charge in [0, 0.05) is 23.2 Å². The Labute approximate surface area is 195 Å². The van der Waals surface area contributed by atoms with Crippen LogP contribution in [-0.2, 0) is 19.4 Å². The highest BCUT2D eigenvalue weighted by Gasteiger charge is 2.35. The third-order valence-electron chi connectivity index (χ3n) is 6.88. The van der Waals surface area contributed by atoms with Crippen molar-refractivity contribution in [2.45, 2.75) is 71.4 Å². The fourth-order valence-electron chi connectivity index (χ4n) is 5.13. The van der Waals surface area contributed by atoms with Crippen molar-refractivity contribution >= 4 is 17.4 Å². The number of fused-ring (bicyclic) bond motifs is 5. The van der Waals surface area contributed by atoms with E-state index in [-0.39, 0.29) is 12.1 Å². The number of nitrogens with one attached hydrogen (secondary N) is 1. The van der Waals surface area contributed by atoms with Crippen molar-refractivity contribution in [1.29, 1.82) is 0 Å². The van der Waals surface area contributed by atoms with Gasteiger partial charge in [0.1, 0.15) is 5.00 Å². The summed E-state index contributed by atoms with van der Waals surface area (Å²) in [6.07, 6.45) is 7.94. The number of nitrogens with zero attached hydrogens (tertiary/aromatic N) is 2. The zero-order valence-electron chi connectivity index (χ0n) is 19.4. The molecule has 0 radical (unpaired) electrons. The Morgan fingerprint density at radius 3 is 2.66 bits per heavy atom. The molecule has 2 aromatic heterocycles. The highest BCUT2D eigenvalue weighted by Crippen LogP contribution is 2.44. The van der Waals surface area contributed by atoms with Crippen molar-refractivity contribution in [2.24, 2.45) is 0 Å². The number of amides is 2. The van der Waals surface area contributed by atoms with Crippen LogP contribution in [0.2, 0.25) is 0 Å². The van der Waals surface area contributed by atoms with Gasteiger partial charge in [-0.1, -0.05) is 45.0 Å². The van der Waals surface area contributed by atoms with Crippen LogP contribution in [0.5, 0.6) is 0 Å². The second kappa shape index (κ2) is 8.78. The summed E-state index contributed by atoms with van der Waals surface area (Å²) in [5.74, 6) is 0.490. The Hall–Kier alpha value is -2.53. The lowest BCUT2D eigenvalue weighted by molar-refractivity contribution is 0.180. The monoisotopic (exact) mass is 447 g/mol. The highest BCUT2D eigenvalue weighted by molar-refractivity contribution is 7.15. The van der Waals surface area contributed by atoms with Crippen molar-refractivity contribution in [1.82, 2.24) is 14.8 Å². The van der Waals surface area contributed by atoms with Crippen molar-refractivity contribution in [2.75, 3.05) is 6.54 Å². The van der Waals surface area contributed by atoms with Crippen LogP contribution >= 0.6 is 11.3 Å². The standard InChI is InChI=1S/C27H33N3OS/c1-4-15-28-27(31)30-17-22-21-8-5-6-10-24(21)32-26(22)29-16-7-9-23(29)25(30)20-13-11-19(12-14-20)18(2)3/h7,9,11-14,16,18,25H,4-6,8,10,15,17H2,1-3H3,(H,28,31). The molecule has 0 fully saturated rings. The molecule has 1 unspecified atom stereocenters. The summed E-state index contributed by atoms with van der Waals surface area (Å²) in [6, 6.07) is 13.1. The third kappa shape index (κ3) is 3.66. The van der Waals surface area contributed by atoms with Crippen molar-refractivity contribution in [3.05, 3.63) is 75.4 Å². The van der Waals surface area contributed by atoms with Crippen LogP contribution in [0.1, 0.15) is 84.8 Å². The first-order valence-corrected chi connectivity index (χ1v) is 12.9. The van der Waals surface area contributed by atoms with E-state index >= 15 is 0 Å². The first kappa shape index (κ1) is 21.3. The molecular weight excluding hydrogens is 414 g/mol. The van der Waals surface area contributed by atoms with Gasteiger partial charge in [0.25, 0.3) is 0 Å². The van der Waals surface area contributed by atoms with E-state index in [9.17, 15) is 4.79 Å². The predicted molar refractivity (Wildman–Crippen MR) is 132 cm³/mol. The number of urea groups is 1. The van der Waals surface area contributed by atoms with E-state index in [2.05, 4.69) is 78.2 Å². The molecule has 0 bridgehead atoms. The number of rotatable bonds is 4. The summed E-state index contributed by atoms with van der Waals surface area (Å²) < 4.78 is 2.35. The minimum atomic E-state index is -0.109. The van der Waals surface area contributed by atoms with Gasteiger partial charge < -0.3 is 14.8 Å². The smallest absolute Gasteiger partial charge is 0.318 e. The van der Waals surface area contributed by atoms with E-state index in [1.54, 1.807) is 0 Å². The molecule has 1 atom stereocenters. The number of aromatic nitrogens is 1. The lowest BCUT2D eigenvalue weighted by atomic mass is 9.94. The molecule has 3 heterocycles. The van der Waals surface area contributed by atoms with Gasteiger partial charge in [0.05, 0.1) is 18.3 Å². The van der Waals surface area contributed by atoms with Gasteiger partial charge >= 0.3 is 6.03 Å². The van der Waals surface area contributed by atoms with Crippen molar-refractivity contribution in [3.8, 4) is 5.00 Å². The van der Waals surface area contributed by atoms with E-state index in [0.29, 0.717) is 19.0 Å². The number of hydrogen-bond acceptors (Lipinski definition) is 2. The average molecular weight is 448 g/mol. The van der Waals surface area contributed by atoms with Crippen LogP contribution in [0.4, 0.5) is 4.79 Å². The molecule has 0 spiro atoms. The molecule has 3 aromatic rings. The Bertz CT molecular complexity index is 1110. The third-order valence-corrected chi connectivity index (χ3v) is 8.22. The molecule has 1 N–H and O–H groups in total. The molecule has 0 saturated carbocycles. The Morgan fingerprint density at radius 2 is 1.91 bits per heavy atom. The summed E-state index contributed by atoms with van der Waals surface area (Å²) in [5.41, 5.74) is 6.53. The van der Waals surface area contributed by atoms with Crippen LogP contribution in [0.3, 0.4) is 0 Å². The van der Waals surface area contributed by atoms with Crippen molar-refractivity contribution in [3.63, 3.8) is 0 Å². The summed E-state index contributed by atoms with van der Waals surface area (Å²) in [6.45, 7) is 7.90. The van der Waals surface area contributed by atoms with Gasteiger partial charge in [-0.05, 0) is 66.8 Å². The maximum Gasteiger partial charge on any atom is 0.318 e. The largest absolute Gasteiger partial charge is 0.338 e. The molecule has 1 aliphatic carbocycles. The number of carbonyl (C=O) groups is 1. The summed E-state index contributed by atoms with van der Waals surface area (Å²) in [7, 11) is 0. The summed E-state index contributed by atoms with van der Waals surface area (Å²) in [4.78, 5) is 17.1. The zero-order valence-corrected chi connectivity index (χ0v) is 20.2. The van der Waals surface area contributed by atoms with Gasteiger partial charge in [-0.2, -0.15) is 0 Å². The van der Waals surface area contributed by atoms with Crippen molar-refractivity contribution < 1.29 is 4.79 Å². The molecular formula is C27H33N3OS. The van der Waals surface area contributed by atoms with Gasteiger partial charge in [-0.25, -0.2) is 4.79 Å². The van der Waals surface area contributed by atoms with Gasteiger partial charge in [0.2, 0.25) is 0 Å². The van der Waals surface area contributed by atoms with Crippen LogP contribution in [0.15, 0.2) is 42.6 Å². The Morgan fingerprint density at radius 1 is 1.12 bits per heavy atom. The molecule has 1 aliphatic heterocycles. The number of aryl methyl sites for hydroxylation is 1. The maximum atomic E-state index is 13.5. The summed E-state index contributed by atoms with van der Waals surface area (Å²) >= 11 is 1.94. The van der Waals surface area contributed by atoms with E-state index in [4.69, 9.17) is 0 Å². The van der Waals surface area contributed by atoms with E-state index in [1.807, 2.05) is 11.3 Å². The first-order valence-electron chi connectivity index (χ1n) is 12.0. The molecule has 4 nitrogen and oxygen atoms in total. The quantitative estimate of drug-likeness (QED) is 0.483. The maximum absolute atomic E-state index is 13.5. The Kier molecular flexibility index (Phi) is 5.85. The lowest BCUT2D eigenvalue weighted by Gasteiger charge is -2.31. The second-order valence-electron chi connectivity index (χ2n) is 9.38. The molecule has 0 saturated heterocycles. The zero-order chi connectivity index (χ0) is 22.2. The predicted octanol–water partition coefficient (Wildman–Crippen LogP) is 6.57. The molecule has 2 aliphatic rings. The first-order chi connectivity index (χ1) is 15.6. The molecule has 168 valence electrons. The van der Waals surface area contributed by atoms with Crippen LogP contribution in [0, 0.1) is 0 Å². The molecule has 1 aromatic carbocycles. The molecule has 32 heavy (non-hydrogen) atoms. The number of hydrogen-bond donors (Lipinski definition) is 1. The molecule has 5 rings (SSSR count). The lowest BCUT2D eigenvalue weighted by Crippen LogP contribution is -2.42. The average Bonchev–Trinajstić information content (AvgIpc) is 3.39. The minimum Gasteiger partial charge on any atom is -0.338 e. The number of benzene rings is 1. The number of carbonyl (C=O) groups excluding carboxylic acids is 1. The SMILES string of the molecule is CCCNC(=O)N1Cc2c(sc3c2CCCC3)-n2cccc2C1c1ccc(C(C)C)cc1. The van der Waals surface area contributed by atoms with Crippen LogP contribution in [0.25, 0.3) is 5.00 Å². The Balaban J connectivity index is 1.65. The molecule has 2 amide bonds. The number of thiophene rings is 1. The van der Waals surface area contributed by atoms with Gasteiger partial charge in [-0.3, -0.25) is 0 Å². The highest BCUT2D eigenvalue weighted by atomic mass is 32.1.